The third kappa shape index (κ3) is 6.46. The molecule has 2 aliphatic carbocycles. The van der Waals surface area contributed by atoms with Gasteiger partial charge in [-0.3, -0.25) is 14.5 Å². The predicted octanol–water partition coefficient (Wildman–Crippen LogP) is 3.84. The van der Waals surface area contributed by atoms with Gasteiger partial charge in [-0.25, -0.2) is 4.39 Å². The number of halogens is 1. The summed E-state index contributed by atoms with van der Waals surface area (Å²) in [7, 11) is 1.68. The molecule has 1 amide bonds. The van der Waals surface area contributed by atoms with Gasteiger partial charge in [0.25, 0.3) is 5.91 Å². The summed E-state index contributed by atoms with van der Waals surface area (Å²) in [6.07, 6.45) is 7.22. The van der Waals surface area contributed by atoms with E-state index in [9.17, 15) is 9.18 Å². The van der Waals surface area contributed by atoms with Gasteiger partial charge in [-0.05, 0) is 62.4 Å². The summed E-state index contributed by atoms with van der Waals surface area (Å²) in [4.78, 5) is 12.2. The second-order valence-corrected chi connectivity index (χ2v) is 7.15. The standard InChI is InChI=1S/C18H22FN3O3S.H2S/c1-12-9-13(11-15(10-12)24-14-7-8-14)18(23)20-21-25-26-22(2)17-6-4-3-5-16(17)19;/h5-6,9-11,14,21H,3-4,7-8H2,1-2H3,(H,20,23);1H2. The molecule has 9 heteroatoms. The van der Waals surface area contributed by atoms with E-state index in [4.69, 9.17) is 9.02 Å². The molecule has 2 N–H and O–H groups in total. The molecule has 0 aromatic heterocycles. The van der Waals surface area contributed by atoms with Crippen molar-refractivity contribution in [1.29, 1.82) is 0 Å². The number of benzene rings is 1. The number of carbonyl (C=O) groups excluding carboxylic acids is 1. The highest BCUT2D eigenvalue weighted by Gasteiger charge is 2.24. The summed E-state index contributed by atoms with van der Waals surface area (Å²) in [6.45, 7) is 1.91. The Morgan fingerprint density at radius 1 is 1.26 bits per heavy atom. The van der Waals surface area contributed by atoms with Gasteiger partial charge >= 0.3 is 0 Å². The number of nitrogens with zero attached hydrogens (tertiary/aromatic N) is 1. The second kappa shape index (κ2) is 10.0. The van der Waals surface area contributed by atoms with E-state index >= 15 is 0 Å². The highest BCUT2D eigenvalue weighted by molar-refractivity contribution is 7.92. The molecule has 1 aromatic carbocycles. The molecule has 27 heavy (non-hydrogen) atoms. The number of ether oxygens (including phenoxy) is 1. The van der Waals surface area contributed by atoms with Gasteiger partial charge in [0.1, 0.15) is 23.8 Å². The normalized spacial score (nSPS) is 16.0. The van der Waals surface area contributed by atoms with Gasteiger partial charge in [-0.2, -0.15) is 17.8 Å². The van der Waals surface area contributed by atoms with E-state index in [2.05, 4.69) is 11.0 Å². The van der Waals surface area contributed by atoms with Crippen LogP contribution in [-0.2, 0) is 4.28 Å². The molecule has 0 saturated heterocycles. The Morgan fingerprint density at radius 2 is 2.00 bits per heavy atom. The molecular formula is C18H24FN3O3S2. The van der Waals surface area contributed by atoms with Gasteiger partial charge in [0.05, 0.1) is 11.8 Å². The first-order valence-corrected chi connectivity index (χ1v) is 9.20. The number of hydrogen-bond acceptors (Lipinski definition) is 6. The zero-order chi connectivity index (χ0) is 18.5. The highest BCUT2D eigenvalue weighted by Crippen LogP contribution is 2.28. The molecule has 0 heterocycles. The number of carbonyl (C=O) groups is 1. The monoisotopic (exact) mass is 413 g/mol. The first-order valence-electron chi connectivity index (χ1n) is 8.50. The van der Waals surface area contributed by atoms with Gasteiger partial charge in [0.15, 0.2) is 0 Å². The van der Waals surface area contributed by atoms with Gasteiger partial charge in [0.2, 0.25) is 0 Å². The molecule has 0 atom stereocenters. The van der Waals surface area contributed by atoms with Crippen molar-refractivity contribution in [3.8, 4) is 5.75 Å². The molecule has 0 bridgehead atoms. The van der Waals surface area contributed by atoms with Crippen molar-refractivity contribution >= 4 is 31.6 Å². The molecule has 6 nitrogen and oxygen atoms in total. The van der Waals surface area contributed by atoms with E-state index in [0.717, 1.165) is 37.1 Å². The summed E-state index contributed by atoms with van der Waals surface area (Å²) in [5.41, 5.74) is 6.69. The number of nitrogens with one attached hydrogen (secondary N) is 2. The fourth-order valence-electron chi connectivity index (χ4n) is 2.49. The molecule has 2 aliphatic rings. The van der Waals surface area contributed by atoms with Crippen LogP contribution in [0.25, 0.3) is 0 Å². The van der Waals surface area contributed by atoms with E-state index in [-0.39, 0.29) is 31.3 Å². The molecule has 0 radical (unpaired) electrons. The number of amides is 1. The summed E-state index contributed by atoms with van der Waals surface area (Å²) in [6, 6.07) is 5.38. The molecule has 0 aliphatic heterocycles. The largest absolute Gasteiger partial charge is 0.490 e. The third-order valence-electron chi connectivity index (χ3n) is 3.91. The average molecular weight is 414 g/mol. The molecule has 1 aromatic rings. The first kappa shape index (κ1) is 21.6. The molecule has 1 saturated carbocycles. The Hall–Kier alpha value is -1.68. The SMILES string of the molecule is Cc1cc(OC2CC2)cc(C(=O)NNOSN(C)C2=CCCC=C2F)c1.S. The van der Waals surface area contributed by atoms with Crippen LogP contribution in [0, 0.1) is 6.92 Å². The molecule has 1 fully saturated rings. The zero-order valence-corrected chi connectivity index (χ0v) is 17.1. The maximum absolute atomic E-state index is 13.7. The van der Waals surface area contributed by atoms with Crippen molar-refractivity contribution < 1.29 is 18.2 Å². The highest BCUT2D eigenvalue weighted by atomic mass is 32.2. The van der Waals surface area contributed by atoms with Crippen molar-refractivity contribution in [3.63, 3.8) is 0 Å². The van der Waals surface area contributed by atoms with E-state index in [0.29, 0.717) is 23.4 Å². The molecule has 148 valence electrons. The lowest BCUT2D eigenvalue weighted by Gasteiger charge is -2.20. The minimum absolute atomic E-state index is 0. The lowest BCUT2D eigenvalue weighted by Crippen LogP contribution is -2.36. The van der Waals surface area contributed by atoms with E-state index in [1.165, 1.54) is 0 Å². The van der Waals surface area contributed by atoms with Crippen LogP contribution in [0.2, 0.25) is 0 Å². The van der Waals surface area contributed by atoms with Crippen LogP contribution in [0.15, 0.2) is 41.9 Å². The quantitative estimate of drug-likeness (QED) is 0.292. The number of likely N-dealkylation sites (N-methyl/N-ethyl adjacent to an activating group) is 1. The smallest absolute Gasteiger partial charge is 0.267 e. The summed E-state index contributed by atoms with van der Waals surface area (Å²) in [5, 5.41) is 0. The fourth-order valence-corrected chi connectivity index (χ4v) is 2.92. The maximum atomic E-state index is 13.7. The Labute approximate surface area is 169 Å². The van der Waals surface area contributed by atoms with Gasteiger partial charge < -0.3 is 4.74 Å². The topological polar surface area (TPSA) is 62.8 Å². The van der Waals surface area contributed by atoms with E-state index in [1.54, 1.807) is 35.6 Å². The second-order valence-electron chi connectivity index (χ2n) is 6.28. The zero-order valence-electron chi connectivity index (χ0n) is 15.3. The molecule has 3 rings (SSSR count). The van der Waals surface area contributed by atoms with Crippen molar-refractivity contribution in [2.45, 2.75) is 38.7 Å². The Bertz CT molecular complexity index is 739. The fraction of sp³-hybridized carbons (Fsp3) is 0.389. The van der Waals surface area contributed by atoms with Gasteiger partial charge in [-0.15, -0.1) is 0 Å². The van der Waals surface area contributed by atoms with Crippen molar-refractivity contribution in [2.75, 3.05) is 7.05 Å². The summed E-state index contributed by atoms with van der Waals surface area (Å²) < 4.78 is 26.1. The first-order chi connectivity index (χ1) is 12.5. The van der Waals surface area contributed by atoms with Crippen molar-refractivity contribution in [2.24, 2.45) is 0 Å². The minimum Gasteiger partial charge on any atom is -0.490 e. The van der Waals surface area contributed by atoms with E-state index in [1.807, 2.05) is 13.0 Å². The van der Waals surface area contributed by atoms with Crippen LogP contribution >= 0.6 is 25.7 Å². The van der Waals surface area contributed by atoms with Gasteiger partial charge in [0, 0.05) is 12.6 Å². The Morgan fingerprint density at radius 3 is 2.70 bits per heavy atom. The predicted molar refractivity (Wildman–Crippen MR) is 109 cm³/mol. The lowest BCUT2D eigenvalue weighted by molar-refractivity contribution is 0.0826. The maximum Gasteiger partial charge on any atom is 0.267 e. The molecule has 0 unspecified atom stereocenters. The van der Waals surface area contributed by atoms with Crippen LogP contribution in [-0.4, -0.2) is 23.4 Å². The number of hydrazine groups is 1. The van der Waals surface area contributed by atoms with E-state index < -0.39 is 0 Å². The average Bonchev–Trinajstić information content (AvgIpc) is 3.42. The van der Waals surface area contributed by atoms with Crippen LogP contribution in [0.3, 0.4) is 0 Å². The van der Waals surface area contributed by atoms with Crippen molar-refractivity contribution in [3.05, 3.63) is 53.0 Å². The molecule has 0 spiro atoms. The van der Waals surface area contributed by atoms with Crippen LogP contribution in [0.1, 0.15) is 41.6 Å². The number of hydrogen-bond donors (Lipinski definition) is 2. The summed E-state index contributed by atoms with van der Waals surface area (Å²) in [5.74, 6) is 0.0709. The summed E-state index contributed by atoms with van der Waals surface area (Å²) >= 11 is 0.881. The van der Waals surface area contributed by atoms with Gasteiger partial charge in [-0.1, -0.05) is 11.7 Å². The van der Waals surface area contributed by atoms with Crippen molar-refractivity contribution in [1.82, 2.24) is 15.3 Å². The Kier molecular flexibility index (Phi) is 8.03. The number of aryl methyl sites for hydroxylation is 1. The van der Waals surface area contributed by atoms with Crippen LogP contribution in [0.4, 0.5) is 4.39 Å². The van der Waals surface area contributed by atoms with Crippen LogP contribution < -0.4 is 15.8 Å². The Balaban J connectivity index is 0.00000261. The molecular weight excluding hydrogens is 389 g/mol. The van der Waals surface area contributed by atoms with Crippen LogP contribution in [0.5, 0.6) is 5.75 Å². The number of allylic oxidation sites excluding steroid dienone is 3. The minimum atomic E-state index is -0.347. The third-order valence-corrected chi connectivity index (χ3v) is 4.49. The number of rotatable bonds is 8. The lowest BCUT2D eigenvalue weighted by atomic mass is 10.1.